The van der Waals surface area contributed by atoms with E-state index in [-0.39, 0.29) is 5.78 Å². The molecule has 0 saturated carbocycles. The van der Waals surface area contributed by atoms with E-state index < -0.39 is 0 Å². The number of H-pyrrole nitrogens is 1. The average Bonchev–Trinajstić information content (AvgIpc) is 2.45. The largest absolute Gasteiger partial charge is 0.290 e. The van der Waals surface area contributed by atoms with Crippen LogP contribution >= 0.6 is 0 Å². The molecule has 0 bridgehead atoms. The summed E-state index contributed by atoms with van der Waals surface area (Å²) in [6, 6.07) is 7.53. The van der Waals surface area contributed by atoms with Gasteiger partial charge in [0.2, 0.25) is 0 Å². The lowest BCUT2D eigenvalue weighted by Crippen LogP contribution is -1.98. The SMILES string of the molecule is O=C(/C=C/c1cccnc1)/C=C/c1ccc[nH+]c1. The number of aromatic nitrogens is 2. The van der Waals surface area contributed by atoms with Gasteiger partial charge in [-0.05, 0) is 42.0 Å². The zero-order chi connectivity index (χ0) is 12.6. The van der Waals surface area contributed by atoms with Crippen molar-refractivity contribution < 1.29 is 9.78 Å². The zero-order valence-corrected chi connectivity index (χ0v) is 9.78. The van der Waals surface area contributed by atoms with Crippen LogP contribution in [0.25, 0.3) is 12.2 Å². The third-order valence-electron chi connectivity index (χ3n) is 2.30. The Morgan fingerprint density at radius 1 is 1.11 bits per heavy atom. The normalized spacial score (nSPS) is 11.1. The van der Waals surface area contributed by atoms with Gasteiger partial charge in [0.25, 0.3) is 0 Å². The summed E-state index contributed by atoms with van der Waals surface area (Å²) >= 11 is 0. The van der Waals surface area contributed by atoms with E-state index in [0.29, 0.717) is 0 Å². The van der Waals surface area contributed by atoms with Crippen molar-refractivity contribution in [2.75, 3.05) is 0 Å². The van der Waals surface area contributed by atoms with Gasteiger partial charge in [-0.25, -0.2) is 4.98 Å². The quantitative estimate of drug-likeness (QED) is 0.765. The number of rotatable bonds is 4. The smallest absolute Gasteiger partial charge is 0.178 e. The maximum absolute atomic E-state index is 11.6. The first-order chi connectivity index (χ1) is 8.84. The highest BCUT2D eigenvalue weighted by molar-refractivity contribution is 6.04. The fourth-order valence-electron chi connectivity index (χ4n) is 1.40. The summed E-state index contributed by atoms with van der Waals surface area (Å²) < 4.78 is 0. The first kappa shape index (κ1) is 11.9. The van der Waals surface area contributed by atoms with Crippen molar-refractivity contribution in [2.45, 2.75) is 0 Å². The van der Waals surface area contributed by atoms with Crippen molar-refractivity contribution in [1.82, 2.24) is 4.98 Å². The molecule has 0 fully saturated rings. The number of nitrogens with zero attached hydrogens (tertiary/aromatic N) is 1. The van der Waals surface area contributed by atoms with E-state index in [1.54, 1.807) is 24.5 Å². The lowest BCUT2D eigenvalue weighted by atomic mass is 10.2. The molecule has 2 rings (SSSR count). The number of pyridine rings is 2. The molecule has 0 aliphatic heterocycles. The third kappa shape index (κ3) is 3.79. The van der Waals surface area contributed by atoms with Crippen LogP contribution in [0.1, 0.15) is 11.1 Å². The number of ketones is 1. The second-order valence-electron chi connectivity index (χ2n) is 3.69. The van der Waals surface area contributed by atoms with Gasteiger partial charge < -0.3 is 0 Å². The molecule has 1 N–H and O–H groups in total. The molecule has 0 atom stereocenters. The molecule has 0 spiro atoms. The Bertz CT molecular complexity index is 508. The van der Waals surface area contributed by atoms with Crippen LogP contribution in [0.5, 0.6) is 0 Å². The Morgan fingerprint density at radius 3 is 2.56 bits per heavy atom. The first-order valence-corrected chi connectivity index (χ1v) is 5.61. The molecule has 2 heterocycles. The summed E-state index contributed by atoms with van der Waals surface area (Å²) in [6.45, 7) is 0. The van der Waals surface area contributed by atoms with Gasteiger partial charge in [0.1, 0.15) is 0 Å². The van der Waals surface area contributed by atoms with Crippen molar-refractivity contribution in [1.29, 1.82) is 0 Å². The summed E-state index contributed by atoms with van der Waals surface area (Å²) in [6.07, 6.45) is 13.6. The number of carbonyl (C=O) groups excluding carboxylic acids is 1. The first-order valence-electron chi connectivity index (χ1n) is 5.61. The van der Waals surface area contributed by atoms with E-state index in [1.165, 1.54) is 12.2 Å². The molecule has 0 radical (unpaired) electrons. The van der Waals surface area contributed by atoms with E-state index in [4.69, 9.17) is 0 Å². The third-order valence-corrected chi connectivity index (χ3v) is 2.30. The summed E-state index contributed by atoms with van der Waals surface area (Å²) in [5.41, 5.74) is 1.87. The molecule has 0 saturated heterocycles. The Kier molecular flexibility index (Phi) is 4.14. The molecule has 0 unspecified atom stereocenters. The van der Waals surface area contributed by atoms with Crippen LogP contribution in [0.15, 0.2) is 61.2 Å². The van der Waals surface area contributed by atoms with Gasteiger partial charge in [0.05, 0.1) is 0 Å². The minimum absolute atomic E-state index is 0.0530. The van der Waals surface area contributed by atoms with E-state index in [2.05, 4.69) is 9.97 Å². The molecule has 3 nitrogen and oxygen atoms in total. The summed E-state index contributed by atoms with van der Waals surface area (Å²) in [7, 11) is 0. The van der Waals surface area contributed by atoms with Crippen molar-refractivity contribution in [3.63, 3.8) is 0 Å². The predicted octanol–water partition coefficient (Wildman–Crippen LogP) is 2.19. The average molecular weight is 237 g/mol. The van der Waals surface area contributed by atoms with Crippen LogP contribution in [0, 0.1) is 0 Å². The molecule has 0 amide bonds. The highest BCUT2D eigenvalue weighted by atomic mass is 16.1. The fourth-order valence-corrected chi connectivity index (χ4v) is 1.40. The number of hydrogen-bond acceptors (Lipinski definition) is 2. The Morgan fingerprint density at radius 2 is 1.89 bits per heavy atom. The van der Waals surface area contributed by atoms with Gasteiger partial charge in [-0.1, -0.05) is 6.07 Å². The molecule has 2 aromatic heterocycles. The van der Waals surface area contributed by atoms with E-state index in [0.717, 1.165) is 11.1 Å². The Hall–Kier alpha value is -2.55. The summed E-state index contributed by atoms with van der Waals surface area (Å²) in [5, 5.41) is 0. The van der Waals surface area contributed by atoms with Crippen LogP contribution in [-0.4, -0.2) is 10.8 Å². The summed E-state index contributed by atoms with van der Waals surface area (Å²) in [5.74, 6) is -0.0530. The molecular formula is C15H13N2O+. The zero-order valence-electron chi connectivity index (χ0n) is 9.78. The molecule has 18 heavy (non-hydrogen) atoms. The van der Waals surface area contributed by atoms with Crippen molar-refractivity contribution >= 4 is 17.9 Å². The molecule has 0 aliphatic rings. The van der Waals surface area contributed by atoms with E-state index in [9.17, 15) is 4.79 Å². The van der Waals surface area contributed by atoms with Crippen LogP contribution in [0.3, 0.4) is 0 Å². The number of nitrogens with one attached hydrogen (secondary N) is 1. The maximum atomic E-state index is 11.6. The van der Waals surface area contributed by atoms with Crippen molar-refractivity contribution in [2.24, 2.45) is 0 Å². The number of aromatic amines is 1. The lowest BCUT2D eigenvalue weighted by Gasteiger charge is -1.89. The van der Waals surface area contributed by atoms with Gasteiger partial charge in [-0.2, -0.15) is 0 Å². The molecule has 88 valence electrons. The van der Waals surface area contributed by atoms with E-state index in [1.807, 2.05) is 36.7 Å². The number of hydrogen-bond donors (Lipinski definition) is 0. The van der Waals surface area contributed by atoms with E-state index >= 15 is 0 Å². The molecule has 3 heteroatoms. The lowest BCUT2D eigenvalue weighted by molar-refractivity contribution is -0.378. The van der Waals surface area contributed by atoms with Gasteiger partial charge >= 0.3 is 0 Å². The van der Waals surface area contributed by atoms with Gasteiger partial charge in [-0.3, -0.25) is 9.78 Å². The van der Waals surface area contributed by atoms with Gasteiger partial charge in [-0.15, -0.1) is 0 Å². The van der Waals surface area contributed by atoms with Crippen LogP contribution in [-0.2, 0) is 4.79 Å². The highest BCUT2D eigenvalue weighted by Crippen LogP contribution is 2.00. The van der Waals surface area contributed by atoms with Crippen LogP contribution in [0.4, 0.5) is 0 Å². The summed E-state index contributed by atoms with van der Waals surface area (Å²) in [4.78, 5) is 18.5. The number of allylic oxidation sites excluding steroid dienone is 2. The Balaban J connectivity index is 1.97. The highest BCUT2D eigenvalue weighted by Gasteiger charge is 1.92. The minimum atomic E-state index is -0.0530. The molecule has 0 aliphatic carbocycles. The second kappa shape index (κ2) is 6.25. The molecule has 0 aromatic carbocycles. The minimum Gasteiger partial charge on any atom is -0.290 e. The number of carbonyl (C=O) groups is 1. The van der Waals surface area contributed by atoms with Crippen LogP contribution in [0.2, 0.25) is 0 Å². The van der Waals surface area contributed by atoms with Crippen molar-refractivity contribution in [3.05, 3.63) is 72.3 Å². The molecular weight excluding hydrogens is 224 g/mol. The fraction of sp³-hybridized carbons (Fsp3) is 0. The standard InChI is InChI=1S/C15H12N2O/c18-15(7-5-13-3-1-9-16-11-13)8-6-14-4-2-10-17-12-14/h1-12H/p+1/b7-5+,8-6+. The molecule has 2 aromatic rings. The second-order valence-corrected chi connectivity index (χ2v) is 3.69. The van der Waals surface area contributed by atoms with Gasteiger partial charge in [0, 0.05) is 24.0 Å². The Labute approximate surface area is 106 Å². The van der Waals surface area contributed by atoms with Crippen LogP contribution < -0.4 is 4.98 Å². The maximum Gasteiger partial charge on any atom is 0.178 e. The topological polar surface area (TPSA) is 44.1 Å². The van der Waals surface area contributed by atoms with Gasteiger partial charge in [0.15, 0.2) is 18.2 Å². The van der Waals surface area contributed by atoms with Crippen molar-refractivity contribution in [3.8, 4) is 0 Å². The predicted molar refractivity (Wildman–Crippen MR) is 70.3 cm³/mol. The monoisotopic (exact) mass is 237 g/mol.